The van der Waals surface area contributed by atoms with Crippen molar-refractivity contribution < 1.29 is 34.7 Å². The molecule has 5 nitrogen and oxygen atoms in total. The van der Waals surface area contributed by atoms with Gasteiger partial charge in [-0.2, -0.15) is 12.1 Å². The number of ketones is 1. The first-order valence-corrected chi connectivity index (χ1v) is 13.4. The molecule has 0 saturated carbocycles. The van der Waals surface area contributed by atoms with E-state index in [4.69, 9.17) is 4.74 Å². The van der Waals surface area contributed by atoms with E-state index < -0.39 is 0 Å². The maximum absolute atomic E-state index is 12.2. The third kappa shape index (κ3) is 7.52. The molecular formula is C33H39IrN2O3-. The van der Waals surface area contributed by atoms with Gasteiger partial charge in [-0.3, -0.25) is 4.79 Å². The number of pyridine rings is 2. The molecule has 0 unspecified atom stereocenters. The van der Waals surface area contributed by atoms with Crippen LogP contribution in [-0.4, -0.2) is 20.9 Å². The van der Waals surface area contributed by atoms with Crippen molar-refractivity contribution in [2.75, 3.05) is 0 Å². The Kier molecular flexibility index (Phi) is 11.8. The third-order valence-corrected chi connectivity index (χ3v) is 8.04. The quantitative estimate of drug-likeness (QED) is 0.0816. The molecule has 39 heavy (non-hydrogen) atoms. The molecule has 0 fully saturated rings. The number of aliphatic hydroxyl groups is 1. The minimum Gasteiger partial charge on any atom is -0.512 e. The number of aliphatic hydroxyl groups excluding tert-OH is 1. The summed E-state index contributed by atoms with van der Waals surface area (Å²) in [5, 5.41) is 14.7. The zero-order valence-electron chi connectivity index (χ0n) is 23.7. The van der Waals surface area contributed by atoms with Crippen molar-refractivity contribution in [3.8, 4) is 11.6 Å². The predicted molar refractivity (Wildman–Crippen MR) is 155 cm³/mol. The number of nitrogens with zero attached hydrogens (tertiary/aromatic N) is 2. The second-order valence-corrected chi connectivity index (χ2v) is 10.1. The van der Waals surface area contributed by atoms with Gasteiger partial charge in [-0.25, -0.2) is 4.98 Å². The molecule has 0 spiro atoms. The number of fused-ring (bicyclic) bond motifs is 3. The smallest absolute Gasteiger partial charge is 0.223 e. The average Bonchev–Trinajstić information content (AvgIpc) is 2.97. The van der Waals surface area contributed by atoms with E-state index in [0.717, 1.165) is 36.5 Å². The molecule has 0 atom stereocenters. The van der Waals surface area contributed by atoms with Crippen LogP contribution in [0.3, 0.4) is 0 Å². The van der Waals surface area contributed by atoms with E-state index in [1.54, 1.807) is 24.7 Å². The maximum atomic E-state index is 12.2. The fourth-order valence-corrected chi connectivity index (χ4v) is 4.15. The van der Waals surface area contributed by atoms with Gasteiger partial charge in [0.1, 0.15) is 5.76 Å². The summed E-state index contributed by atoms with van der Waals surface area (Å²) in [6.45, 7) is 12.1. The van der Waals surface area contributed by atoms with Gasteiger partial charge in [-0.15, -0.1) is 0 Å². The number of rotatable bonds is 9. The molecule has 2 heterocycles. The van der Waals surface area contributed by atoms with E-state index >= 15 is 0 Å². The van der Waals surface area contributed by atoms with Gasteiger partial charge < -0.3 is 14.8 Å². The van der Waals surface area contributed by atoms with Gasteiger partial charge in [-0.1, -0.05) is 84.3 Å². The van der Waals surface area contributed by atoms with Crippen molar-refractivity contribution in [3.05, 3.63) is 85.0 Å². The molecular weight excluding hydrogens is 665 g/mol. The van der Waals surface area contributed by atoms with Crippen LogP contribution in [0.5, 0.6) is 11.6 Å². The summed E-state index contributed by atoms with van der Waals surface area (Å²) in [4.78, 5) is 20.5. The molecule has 4 rings (SSSR count). The van der Waals surface area contributed by atoms with Gasteiger partial charge in [0.2, 0.25) is 5.88 Å². The van der Waals surface area contributed by atoms with E-state index in [1.165, 1.54) is 16.8 Å². The van der Waals surface area contributed by atoms with E-state index in [0.29, 0.717) is 11.6 Å². The fraction of sp³-hybridized carbons (Fsp3) is 0.364. The van der Waals surface area contributed by atoms with Crippen LogP contribution in [0.1, 0.15) is 67.2 Å². The Balaban J connectivity index is 0.000000275. The Morgan fingerprint density at radius 3 is 2.15 bits per heavy atom. The van der Waals surface area contributed by atoms with Crippen LogP contribution >= 0.6 is 0 Å². The Bertz CT molecular complexity index is 1390. The van der Waals surface area contributed by atoms with Crippen molar-refractivity contribution in [2.24, 2.45) is 10.8 Å². The number of benzene rings is 2. The Hall–Kier alpha value is -3.08. The monoisotopic (exact) mass is 704 g/mol. The summed E-state index contributed by atoms with van der Waals surface area (Å²) >= 11 is 0. The molecule has 0 aliphatic heterocycles. The molecule has 1 N–H and O–H groups in total. The van der Waals surface area contributed by atoms with Crippen LogP contribution in [0, 0.1) is 16.9 Å². The van der Waals surface area contributed by atoms with Gasteiger partial charge >= 0.3 is 0 Å². The van der Waals surface area contributed by atoms with E-state index in [9.17, 15) is 9.90 Å². The Morgan fingerprint density at radius 1 is 0.872 bits per heavy atom. The molecule has 4 aromatic rings. The number of hydrogen-bond donors (Lipinski definition) is 1. The SMILES string of the molecule is CCC(C)(CC)C(=O)/C=C(\O)C(C)(CC)CC.[Ir].[c-]1cnccc1Oc1nccc2c1ccc1ccccc12. The van der Waals surface area contributed by atoms with Gasteiger partial charge in [0, 0.05) is 48.6 Å². The van der Waals surface area contributed by atoms with Crippen molar-refractivity contribution >= 4 is 27.3 Å². The van der Waals surface area contributed by atoms with Gasteiger partial charge in [0.15, 0.2) is 5.78 Å². The summed E-state index contributed by atoms with van der Waals surface area (Å²) < 4.78 is 5.83. The zero-order chi connectivity index (χ0) is 27.8. The predicted octanol–water partition coefficient (Wildman–Crippen LogP) is 9.02. The van der Waals surface area contributed by atoms with E-state index in [2.05, 4.69) is 34.2 Å². The second kappa shape index (κ2) is 14.3. The molecule has 1 radical (unpaired) electrons. The van der Waals surface area contributed by atoms with Crippen molar-refractivity contribution in [3.63, 3.8) is 0 Å². The maximum Gasteiger partial charge on any atom is 0.223 e. The second-order valence-electron chi connectivity index (χ2n) is 10.1. The topological polar surface area (TPSA) is 72.3 Å². The number of carbonyl (C=O) groups is 1. The first-order valence-electron chi connectivity index (χ1n) is 13.4. The molecule has 2 aromatic carbocycles. The van der Waals surface area contributed by atoms with Crippen molar-refractivity contribution in [1.29, 1.82) is 0 Å². The van der Waals surface area contributed by atoms with Crippen LogP contribution in [-0.2, 0) is 24.9 Å². The van der Waals surface area contributed by atoms with E-state index in [-0.39, 0.29) is 42.5 Å². The molecule has 0 bridgehead atoms. The Morgan fingerprint density at radius 2 is 1.54 bits per heavy atom. The first-order chi connectivity index (χ1) is 18.2. The third-order valence-electron chi connectivity index (χ3n) is 8.04. The Labute approximate surface area is 246 Å². The van der Waals surface area contributed by atoms with Crippen molar-refractivity contribution in [2.45, 2.75) is 67.2 Å². The first kappa shape index (κ1) is 32.1. The van der Waals surface area contributed by atoms with E-state index in [1.807, 2.05) is 65.8 Å². The summed E-state index contributed by atoms with van der Waals surface area (Å²) in [7, 11) is 0. The molecule has 0 aliphatic carbocycles. The summed E-state index contributed by atoms with van der Waals surface area (Å²) in [5.41, 5.74) is -0.603. The molecule has 6 heteroatoms. The number of aromatic nitrogens is 2. The minimum atomic E-state index is -0.337. The summed E-state index contributed by atoms with van der Waals surface area (Å²) in [6, 6.07) is 19.2. The van der Waals surface area contributed by atoms with Crippen LogP contribution < -0.4 is 4.74 Å². The summed E-state index contributed by atoms with van der Waals surface area (Å²) in [5.74, 6) is 1.48. The fourth-order valence-electron chi connectivity index (χ4n) is 4.15. The molecule has 0 saturated heterocycles. The van der Waals surface area contributed by atoms with Gasteiger partial charge in [0.05, 0.1) is 0 Å². The van der Waals surface area contributed by atoms with Crippen molar-refractivity contribution in [1.82, 2.24) is 9.97 Å². The zero-order valence-corrected chi connectivity index (χ0v) is 26.1. The number of allylic oxidation sites excluding steroid dienone is 2. The number of hydrogen-bond acceptors (Lipinski definition) is 5. The van der Waals surface area contributed by atoms with Crippen LogP contribution in [0.2, 0.25) is 0 Å². The average molecular weight is 704 g/mol. The van der Waals surface area contributed by atoms with Gasteiger partial charge in [-0.05, 0) is 59.7 Å². The molecule has 0 aliphatic rings. The summed E-state index contributed by atoms with van der Waals surface area (Å²) in [6.07, 6.45) is 9.78. The normalized spacial score (nSPS) is 11.9. The van der Waals surface area contributed by atoms with Crippen LogP contribution in [0.4, 0.5) is 0 Å². The molecule has 209 valence electrons. The molecule has 2 aromatic heterocycles. The number of carbonyl (C=O) groups excluding carboxylic acids is 1. The standard InChI is InChI=1S/C18H11N2O.C15H28O2.Ir/c1-2-4-15-13(3-1)5-6-17-16(15)9-12-20-18(17)21-14-7-10-19-11-8-14;1-7-14(5,8-2)12(16)11-13(17)15(6,9-3)10-4;/h1-7,9-12H;11,16H,7-10H2,1-6H3;/q-1;;/b;12-11-;. The van der Waals surface area contributed by atoms with Crippen LogP contribution in [0.15, 0.2) is 79.0 Å². The molecule has 0 amide bonds. The van der Waals surface area contributed by atoms with Crippen LogP contribution in [0.25, 0.3) is 21.5 Å². The van der Waals surface area contributed by atoms with Gasteiger partial charge in [0.25, 0.3) is 0 Å². The largest absolute Gasteiger partial charge is 0.512 e. The minimum absolute atomic E-state index is 0. The number of ether oxygens (including phenoxy) is 1.